The largest absolute Gasteiger partial charge is 0.493 e. The number of hydrogen-bond acceptors (Lipinski definition) is 7. The van der Waals surface area contributed by atoms with Crippen LogP contribution < -0.4 is 9.47 Å². The van der Waals surface area contributed by atoms with Gasteiger partial charge in [-0.1, -0.05) is 0 Å². The van der Waals surface area contributed by atoms with Gasteiger partial charge < -0.3 is 24.0 Å². The number of hydrogen-bond donors (Lipinski definition) is 0. The highest BCUT2D eigenvalue weighted by atomic mass is 19.3. The molecule has 156 valence electrons. The molecular formula is C19H15F2N3O6. The third-order valence-corrected chi connectivity index (χ3v) is 3.88. The van der Waals surface area contributed by atoms with Crippen molar-refractivity contribution in [2.24, 2.45) is 0 Å². The number of methoxy groups -OCH3 is 1. The number of halogens is 2. The van der Waals surface area contributed by atoms with Gasteiger partial charge in [0.1, 0.15) is 18.1 Å². The van der Waals surface area contributed by atoms with Gasteiger partial charge in [-0.05, 0) is 47.4 Å². The molecule has 2 aromatic heterocycles. The second-order valence-corrected chi connectivity index (χ2v) is 5.87. The lowest BCUT2D eigenvalue weighted by molar-refractivity contribution is -0.389. The monoisotopic (exact) mass is 419 g/mol. The molecule has 1 aromatic carbocycles. The molecule has 3 aromatic rings. The highest BCUT2D eigenvalue weighted by Gasteiger charge is 2.14. The van der Waals surface area contributed by atoms with Gasteiger partial charge in [0.15, 0.2) is 17.3 Å². The van der Waals surface area contributed by atoms with Crippen molar-refractivity contribution >= 4 is 17.7 Å². The van der Waals surface area contributed by atoms with E-state index in [4.69, 9.17) is 9.15 Å². The minimum Gasteiger partial charge on any atom is -0.493 e. The molecule has 0 aliphatic heterocycles. The fraction of sp³-hybridized carbons (Fsp3) is 0.158. The van der Waals surface area contributed by atoms with Gasteiger partial charge in [-0.25, -0.2) is 0 Å². The molecule has 0 saturated heterocycles. The molecule has 0 N–H and O–H groups in total. The van der Waals surface area contributed by atoms with Crippen LogP contribution in [-0.4, -0.2) is 34.2 Å². The van der Waals surface area contributed by atoms with E-state index in [1.165, 1.54) is 54.4 Å². The number of furan rings is 1. The van der Waals surface area contributed by atoms with Crippen LogP contribution in [-0.2, 0) is 6.54 Å². The summed E-state index contributed by atoms with van der Waals surface area (Å²) in [5, 5.41) is 14.4. The maximum Gasteiger partial charge on any atom is 0.389 e. The second-order valence-electron chi connectivity index (χ2n) is 5.87. The number of aromatic nitrogens is 2. The normalized spacial score (nSPS) is 11.2. The van der Waals surface area contributed by atoms with Crippen molar-refractivity contribution in [1.82, 2.24) is 9.78 Å². The van der Waals surface area contributed by atoms with Gasteiger partial charge in [-0.15, -0.1) is 0 Å². The smallest absolute Gasteiger partial charge is 0.389 e. The van der Waals surface area contributed by atoms with Crippen LogP contribution in [0.1, 0.15) is 21.9 Å². The lowest BCUT2D eigenvalue weighted by Crippen LogP contribution is -2.04. The summed E-state index contributed by atoms with van der Waals surface area (Å²) in [5.41, 5.74) is 0.209. The van der Waals surface area contributed by atoms with Crippen LogP contribution >= 0.6 is 0 Å². The first kappa shape index (κ1) is 20.7. The molecule has 0 unspecified atom stereocenters. The van der Waals surface area contributed by atoms with Crippen LogP contribution in [0, 0.1) is 10.1 Å². The summed E-state index contributed by atoms with van der Waals surface area (Å²) in [5.74, 6) is 0.0100. The minimum absolute atomic E-state index is 0.00292. The molecule has 9 nitrogen and oxygen atoms in total. The van der Waals surface area contributed by atoms with E-state index >= 15 is 0 Å². The summed E-state index contributed by atoms with van der Waals surface area (Å²) in [4.78, 5) is 22.4. The minimum atomic E-state index is -3.01. The number of rotatable bonds is 9. The molecule has 0 aliphatic rings. The maximum absolute atomic E-state index is 12.4. The third-order valence-electron chi connectivity index (χ3n) is 3.88. The Morgan fingerprint density at radius 2 is 2.10 bits per heavy atom. The van der Waals surface area contributed by atoms with Crippen LogP contribution in [0.5, 0.6) is 11.5 Å². The van der Waals surface area contributed by atoms with Gasteiger partial charge in [0.05, 0.1) is 24.5 Å². The number of ether oxygens (including phenoxy) is 2. The number of nitrogens with zero attached hydrogens (tertiary/aromatic N) is 3. The van der Waals surface area contributed by atoms with E-state index in [-0.39, 0.29) is 29.4 Å². The van der Waals surface area contributed by atoms with Crippen molar-refractivity contribution in [3.63, 3.8) is 0 Å². The fourth-order valence-corrected chi connectivity index (χ4v) is 2.53. The van der Waals surface area contributed by atoms with Gasteiger partial charge in [0, 0.05) is 5.56 Å². The molecule has 0 aliphatic carbocycles. The predicted molar refractivity (Wildman–Crippen MR) is 99.7 cm³/mol. The first-order valence-electron chi connectivity index (χ1n) is 8.47. The Hall–Kier alpha value is -4.02. The number of carbonyl (C=O) groups excluding carboxylic acids is 1. The van der Waals surface area contributed by atoms with E-state index in [0.717, 1.165) is 0 Å². The van der Waals surface area contributed by atoms with E-state index in [1.54, 1.807) is 12.1 Å². The molecule has 11 heteroatoms. The number of carbonyl (C=O) groups is 1. The average Bonchev–Trinajstić information content (AvgIpc) is 3.36. The zero-order valence-electron chi connectivity index (χ0n) is 15.5. The van der Waals surface area contributed by atoms with Crippen LogP contribution in [0.2, 0.25) is 0 Å². The van der Waals surface area contributed by atoms with E-state index in [2.05, 4.69) is 9.84 Å². The molecular weight excluding hydrogens is 404 g/mol. The van der Waals surface area contributed by atoms with Crippen molar-refractivity contribution in [3.8, 4) is 11.5 Å². The second kappa shape index (κ2) is 8.99. The van der Waals surface area contributed by atoms with E-state index in [9.17, 15) is 23.7 Å². The number of allylic oxidation sites excluding steroid dienone is 1. The Labute approximate surface area is 168 Å². The van der Waals surface area contributed by atoms with E-state index < -0.39 is 17.3 Å². The van der Waals surface area contributed by atoms with E-state index in [1.807, 2.05) is 0 Å². The topological polar surface area (TPSA) is 110 Å². The fourth-order valence-electron chi connectivity index (χ4n) is 2.53. The molecule has 30 heavy (non-hydrogen) atoms. The van der Waals surface area contributed by atoms with Gasteiger partial charge in [-0.3, -0.25) is 4.79 Å². The standard InChI is InChI=1S/C19H15F2N3O6/c1-28-17-10-12(2-7-16(17)30-19(20)21)15(25)6-5-13-3-4-14(29-13)11-23-9-8-18(22-23)24(26)27/h2-10,19H,11H2,1H3/b6-5+. The summed E-state index contributed by atoms with van der Waals surface area (Å²) in [6.07, 6.45) is 4.14. The van der Waals surface area contributed by atoms with Crippen molar-refractivity contribution in [1.29, 1.82) is 0 Å². The lowest BCUT2D eigenvalue weighted by atomic mass is 10.1. The maximum atomic E-state index is 12.4. The summed E-state index contributed by atoms with van der Waals surface area (Å²) < 4.78 is 41.0. The van der Waals surface area contributed by atoms with Crippen molar-refractivity contribution < 1.29 is 32.4 Å². The Morgan fingerprint density at radius 3 is 2.77 bits per heavy atom. The Kier molecular flexibility index (Phi) is 6.20. The first-order chi connectivity index (χ1) is 14.4. The summed E-state index contributed by atoms with van der Waals surface area (Å²) >= 11 is 0. The van der Waals surface area contributed by atoms with Crippen LogP contribution in [0.3, 0.4) is 0 Å². The zero-order chi connectivity index (χ0) is 21.7. The van der Waals surface area contributed by atoms with Crippen molar-refractivity contribution in [2.45, 2.75) is 13.2 Å². The number of nitro groups is 1. The molecule has 0 amide bonds. The Balaban J connectivity index is 1.67. The summed E-state index contributed by atoms with van der Waals surface area (Å²) in [7, 11) is 1.27. The highest BCUT2D eigenvalue weighted by Crippen LogP contribution is 2.29. The number of alkyl halides is 2. The molecule has 0 spiro atoms. The molecule has 0 fully saturated rings. The number of benzene rings is 1. The summed E-state index contributed by atoms with van der Waals surface area (Å²) in [6.45, 7) is -2.83. The molecule has 0 atom stereocenters. The van der Waals surface area contributed by atoms with Crippen LogP contribution in [0.4, 0.5) is 14.6 Å². The predicted octanol–water partition coefficient (Wildman–Crippen LogP) is 3.94. The Morgan fingerprint density at radius 1 is 1.30 bits per heavy atom. The zero-order valence-corrected chi connectivity index (χ0v) is 15.5. The first-order valence-corrected chi connectivity index (χ1v) is 8.47. The van der Waals surface area contributed by atoms with E-state index in [0.29, 0.717) is 11.5 Å². The Bertz CT molecular complexity index is 1090. The van der Waals surface area contributed by atoms with Gasteiger partial charge in [0.25, 0.3) is 0 Å². The number of ketones is 1. The van der Waals surface area contributed by atoms with Crippen LogP contribution in [0.25, 0.3) is 6.08 Å². The molecule has 0 bridgehead atoms. The lowest BCUT2D eigenvalue weighted by Gasteiger charge is -2.10. The average molecular weight is 419 g/mol. The SMILES string of the molecule is COc1cc(C(=O)/C=C/c2ccc(Cn3ccc([N+](=O)[O-])n3)o2)ccc1OC(F)F. The van der Waals surface area contributed by atoms with Gasteiger partial charge in [0.2, 0.25) is 0 Å². The molecule has 2 heterocycles. The molecule has 3 rings (SSSR count). The third kappa shape index (κ3) is 5.07. The molecule has 0 saturated carbocycles. The van der Waals surface area contributed by atoms with Gasteiger partial charge in [-0.2, -0.15) is 13.5 Å². The quantitative estimate of drug-likeness (QED) is 0.224. The summed E-state index contributed by atoms with van der Waals surface area (Å²) in [6, 6.07) is 8.40. The van der Waals surface area contributed by atoms with Crippen molar-refractivity contribution in [3.05, 3.63) is 75.9 Å². The highest BCUT2D eigenvalue weighted by molar-refractivity contribution is 6.07. The van der Waals surface area contributed by atoms with Gasteiger partial charge >= 0.3 is 12.4 Å². The van der Waals surface area contributed by atoms with Crippen LogP contribution in [0.15, 0.2) is 53.1 Å². The van der Waals surface area contributed by atoms with Crippen molar-refractivity contribution in [2.75, 3.05) is 7.11 Å². The molecule has 0 radical (unpaired) electrons.